The Morgan fingerprint density at radius 3 is 2.56 bits per heavy atom. The lowest BCUT2D eigenvalue weighted by atomic mass is 9.99. The van der Waals surface area contributed by atoms with Crippen LogP contribution in [0, 0.1) is 5.92 Å². The highest BCUT2D eigenvalue weighted by Gasteiger charge is 2.16. The highest BCUT2D eigenvalue weighted by Crippen LogP contribution is 2.24. The molecule has 0 saturated heterocycles. The molecule has 0 aliphatic carbocycles. The van der Waals surface area contributed by atoms with Crippen LogP contribution >= 0.6 is 11.8 Å². The maximum atomic E-state index is 9.95. The summed E-state index contributed by atoms with van der Waals surface area (Å²) in [6.45, 7) is 7.99. The van der Waals surface area contributed by atoms with Gasteiger partial charge in [0.1, 0.15) is 0 Å². The van der Waals surface area contributed by atoms with Crippen LogP contribution in [0.4, 0.5) is 0 Å². The molecule has 0 unspecified atom stereocenters. The molecule has 16 heavy (non-hydrogen) atoms. The van der Waals surface area contributed by atoms with Gasteiger partial charge < -0.3 is 5.11 Å². The van der Waals surface area contributed by atoms with Crippen LogP contribution in [0.2, 0.25) is 0 Å². The Bertz CT molecular complexity index is 321. The fourth-order valence-corrected chi connectivity index (χ4v) is 2.43. The minimum atomic E-state index is -0.374. The molecule has 0 spiro atoms. The molecule has 2 heteroatoms. The lowest BCUT2D eigenvalue weighted by Crippen LogP contribution is -2.21. The van der Waals surface area contributed by atoms with E-state index < -0.39 is 0 Å². The van der Waals surface area contributed by atoms with Crippen LogP contribution in [0.3, 0.4) is 0 Å². The van der Waals surface area contributed by atoms with Gasteiger partial charge in [-0.25, -0.2) is 0 Å². The van der Waals surface area contributed by atoms with Crippen molar-refractivity contribution >= 4 is 11.8 Å². The third kappa shape index (κ3) is 4.03. The van der Waals surface area contributed by atoms with E-state index in [-0.39, 0.29) is 12.0 Å². The molecule has 1 rings (SSSR count). The van der Waals surface area contributed by atoms with E-state index in [4.69, 9.17) is 0 Å². The molecule has 0 amide bonds. The maximum Gasteiger partial charge on any atom is 0.0780 e. The van der Waals surface area contributed by atoms with Gasteiger partial charge in [0.05, 0.1) is 6.10 Å². The van der Waals surface area contributed by atoms with Gasteiger partial charge in [0.2, 0.25) is 0 Å². The second-order valence-corrected chi connectivity index (χ2v) is 5.15. The summed E-state index contributed by atoms with van der Waals surface area (Å²) in [7, 11) is 0. The predicted molar refractivity (Wildman–Crippen MR) is 71.8 cm³/mol. The molecule has 1 N–H and O–H groups in total. The fraction of sp³-hybridized carbons (Fsp3) is 0.429. The van der Waals surface area contributed by atoms with Gasteiger partial charge in [-0.2, -0.15) is 0 Å². The smallest absolute Gasteiger partial charge is 0.0780 e. The van der Waals surface area contributed by atoms with Crippen molar-refractivity contribution in [2.24, 2.45) is 5.92 Å². The molecule has 2 atom stereocenters. The summed E-state index contributed by atoms with van der Waals surface area (Å²) in [5, 5.41) is 9.95. The van der Waals surface area contributed by atoms with Crippen molar-refractivity contribution in [2.75, 3.05) is 5.75 Å². The van der Waals surface area contributed by atoms with Gasteiger partial charge in [0.15, 0.2) is 0 Å². The molecule has 0 aliphatic heterocycles. The second kappa shape index (κ2) is 6.77. The first-order valence-electron chi connectivity index (χ1n) is 5.68. The SMILES string of the molecule is C=C(CC)[C@H](O)[C@H](C)CSc1ccccc1. The summed E-state index contributed by atoms with van der Waals surface area (Å²) in [6.07, 6.45) is 0.475. The minimum Gasteiger partial charge on any atom is -0.388 e. The molecule has 0 bridgehead atoms. The van der Waals surface area contributed by atoms with Crippen molar-refractivity contribution in [3.63, 3.8) is 0 Å². The van der Waals surface area contributed by atoms with Crippen molar-refractivity contribution in [3.05, 3.63) is 42.5 Å². The lowest BCUT2D eigenvalue weighted by Gasteiger charge is -2.19. The highest BCUT2D eigenvalue weighted by atomic mass is 32.2. The van der Waals surface area contributed by atoms with Crippen molar-refractivity contribution in [1.29, 1.82) is 0 Å². The average Bonchev–Trinajstić information content (AvgIpc) is 2.35. The van der Waals surface area contributed by atoms with Gasteiger partial charge in [-0.3, -0.25) is 0 Å². The van der Waals surface area contributed by atoms with E-state index in [0.717, 1.165) is 17.7 Å². The average molecular weight is 236 g/mol. The topological polar surface area (TPSA) is 20.2 Å². The first kappa shape index (κ1) is 13.3. The minimum absolute atomic E-state index is 0.248. The van der Waals surface area contributed by atoms with Crippen LogP contribution in [0.25, 0.3) is 0 Å². The quantitative estimate of drug-likeness (QED) is 0.600. The monoisotopic (exact) mass is 236 g/mol. The van der Waals surface area contributed by atoms with Crippen molar-refractivity contribution in [3.8, 4) is 0 Å². The van der Waals surface area contributed by atoms with Gasteiger partial charge in [0, 0.05) is 10.6 Å². The molecule has 0 fully saturated rings. The molecule has 0 heterocycles. The van der Waals surface area contributed by atoms with Gasteiger partial charge in [-0.1, -0.05) is 38.6 Å². The molecule has 0 radical (unpaired) electrons. The fourth-order valence-electron chi connectivity index (χ4n) is 1.45. The predicted octanol–water partition coefficient (Wildman–Crippen LogP) is 3.74. The highest BCUT2D eigenvalue weighted by molar-refractivity contribution is 7.99. The number of hydrogen-bond donors (Lipinski definition) is 1. The van der Waals surface area contributed by atoms with Crippen molar-refractivity contribution in [1.82, 2.24) is 0 Å². The van der Waals surface area contributed by atoms with E-state index in [9.17, 15) is 5.11 Å². The Balaban J connectivity index is 2.41. The van der Waals surface area contributed by atoms with Crippen molar-refractivity contribution < 1.29 is 5.11 Å². The van der Waals surface area contributed by atoms with Crippen molar-refractivity contribution in [2.45, 2.75) is 31.3 Å². The zero-order valence-corrected chi connectivity index (χ0v) is 10.8. The Morgan fingerprint density at radius 1 is 1.38 bits per heavy atom. The first-order chi connectivity index (χ1) is 7.65. The van der Waals surface area contributed by atoms with Crippen LogP contribution in [0.5, 0.6) is 0 Å². The lowest BCUT2D eigenvalue weighted by molar-refractivity contribution is 0.160. The third-order valence-corrected chi connectivity index (χ3v) is 3.97. The Hall–Kier alpha value is -0.730. The Morgan fingerprint density at radius 2 is 2.00 bits per heavy atom. The normalized spacial score (nSPS) is 14.4. The van der Waals surface area contributed by atoms with Crippen LogP contribution in [0.1, 0.15) is 20.3 Å². The summed E-state index contributed by atoms with van der Waals surface area (Å²) < 4.78 is 0. The molecule has 0 aliphatic rings. The molecule has 1 aromatic carbocycles. The molecule has 1 aromatic rings. The molecular weight excluding hydrogens is 216 g/mol. The number of rotatable bonds is 6. The number of aliphatic hydroxyl groups excluding tert-OH is 1. The van der Waals surface area contributed by atoms with Crippen LogP contribution in [-0.4, -0.2) is 17.0 Å². The third-order valence-electron chi connectivity index (χ3n) is 2.67. The summed E-state index contributed by atoms with van der Waals surface area (Å²) >= 11 is 1.78. The first-order valence-corrected chi connectivity index (χ1v) is 6.67. The van der Waals surface area contributed by atoms with E-state index in [1.807, 2.05) is 25.1 Å². The van der Waals surface area contributed by atoms with Gasteiger partial charge in [0.25, 0.3) is 0 Å². The largest absolute Gasteiger partial charge is 0.388 e. The number of hydrogen-bond acceptors (Lipinski definition) is 2. The molecule has 88 valence electrons. The van der Waals surface area contributed by atoms with E-state index in [0.29, 0.717) is 0 Å². The number of thioether (sulfide) groups is 1. The Labute approximate surface area is 103 Å². The molecule has 0 aromatic heterocycles. The molecule has 0 saturated carbocycles. The summed E-state index contributed by atoms with van der Waals surface area (Å²) in [5.74, 6) is 1.17. The van der Waals surface area contributed by atoms with Crippen LogP contribution in [0.15, 0.2) is 47.4 Å². The zero-order chi connectivity index (χ0) is 12.0. The second-order valence-electron chi connectivity index (χ2n) is 4.06. The summed E-state index contributed by atoms with van der Waals surface area (Å²) in [5.41, 5.74) is 0.932. The molecular formula is C14H20OS. The van der Waals surface area contributed by atoms with E-state index >= 15 is 0 Å². The maximum absolute atomic E-state index is 9.95. The zero-order valence-electron chi connectivity index (χ0n) is 10.0. The standard InChI is InChI=1S/C14H20OS/c1-4-11(2)14(15)12(3)10-16-13-8-6-5-7-9-13/h5-9,12,14-15H,2,4,10H2,1,3H3/t12-,14+/m1/s1. The van der Waals surface area contributed by atoms with Gasteiger partial charge >= 0.3 is 0 Å². The van der Waals surface area contributed by atoms with Crippen LogP contribution < -0.4 is 0 Å². The van der Waals surface area contributed by atoms with Gasteiger partial charge in [-0.05, 0) is 30.0 Å². The van der Waals surface area contributed by atoms with Gasteiger partial charge in [-0.15, -0.1) is 11.8 Å². The van der Waals surface area contributed by atoms with E-state index in [1.54, 1.807) is 11.8 Å². The Kier molecular flexibility index (Phi) is 5.64. The number of benzene rings is 1. The van der Waals surface area contributed by atoms with E-state index in [2.05, 4.69) is 25.6 Å². The number of aliphatic hydroxyl groups is 1. The van der Waals surface area contributed by atoms with Crippen LogP contribution in [-0.2, 0) is 0 Å². The summed E-state index contributed by atoms with van der Waals surface area (Å²) in [4.78, 5) is 1.25. The van der Waals surface area contributed by atoms with E-state index in [1.165, 1.54) is 4.90 Å². The summed E-state index contributed by atoms with van der Waals surface area (Å²) in [6, 6.07) is 10.3. The molecule has 1 nitrogen and oxygen atoms in total.